The van der Waals surface area contributed by atoms with Crippen LogP contribution in [-0.4, -0.2) is 81.2 Å². The van der Waals surface area contributed by atoms with Crippen molar-refractivity contribution >= 4 is 46.4 Å². The Bertz CT molecular complexity index is 1710. The Hall–Kier alpha value is -4.55. The smallest absolute Gasteiger partial charge is 0.262 e. The summed E-state index contributed by atoms with van der Waals surface area (Å²) in [7, 11) is 0. The van der Waals surface area contributed by atoms with Gasteiger partial charge >= 0.3 is 0 Å². The third kappa shape index (κ3) is 5.03. The van der Waals surface area contributed by atoms with Crippen LogP contribution in [0.1, 0.15) is 37.9 Å². The number of anilines is 3. The molecule has 3 aliphatic heterocycles. The summed E-state index contributed by atoms with van der Waals surface area (Å²) in [6.45, 7) is 10.3. The van der Waals surface area contributed by atoms with Crippen molar-refractivity contribution in [1.82, 2.24) is 19.8 Å². The Labute approximate surface area is 258 Å². The van der Waals surface area contributed by atoms with Crippen LogP contribution in [0.25, 0.3) is 11.3 Å². The molecule has 2 aromatic heterocycles. The molecule has 2 N–H and O–H groups in total. The number of amides is 2. The van der Waals surface area contributed by atoms with Gasteiger partial charge in [0.05, 0.1) is 33.2 Å². The molecule has 1 aromatic carbocycles. The molecule has 0 radical (unpaired) electrons. The summed E-state index contributed by atoms with van der Waals surface area (Å²) in [4.78, 5) is 44.7. The molecule has 1 unspecified atom stereocenters. The fraction of sp³-hybridized carbons (Fsp3) is 0.323. The topological polar surface area (TPSA) is 123 Å². The molecule has 1 saturated heterocycles. The molecule has 228 valence electrons. The minimum Gasteiger partial charge on any atom is -0.481 e. The molecule has 0 saturated carbocycles. The van der Waals surface area contributed by atoms with E-state index in [2.05, 4.69) is 16.9 Å². The Morgan fingerprint density at radius 1 is 1.30 bits per heavy atom. The lowest BCUT2D eigenvalue weighted by atomic mass is 10.0. The number of nitrogens with one attached hydrogen (secondary N) is 1. The summed E-state index contributed by atoms with van der Waals surface area (Å²) in [5.74, 6) is -0.505. The average Bonchev–Trinajstić information content (AvgIpc) is 2.99. The zero-order chi connectivity index (χ0) is 31.3. The van der Waals surface area contributed by atoms with Gasteiger partial charge in [-0.15, -0.1) is 0 Å². The van der Waals surface area contributed by atoms with Crippen LogP contribution >= 0.6 is 11.6 Å². The fourth-order valence-electron chi connectivity index (χ4n) is 5.83. The highest BCUT2D eigenvalue weighted by atomic mass is 35.5. The van der Waals surface area contributed by atoms with E-state index in [1.54, 1.807) is 29.3 Å². The molecular weight excluding hydrogens is 589 g/mol. The largest absolute Gasteiger partial charge is 0.481 e. The number of aliphatic hydroxyl groups excluding tert-OH is 1. The number of hydrogen-bond acceptors (Lipinski definition) is 9. The summed E-state index contributed by atoms with van der Waals surface area (Å²) in [5.41, 5.74) is 1.66. The first-order valence-corrected chi connectivity index (χ1v) is 14.6. The van der Waals surface area contributed by atoms with Gasteiger partial charge in [-0.05, 0) is 37.1 Å². The predicted molar refractivity (Wildman–Crippen MR) is 165 cm³/mol. The van der Waals surface area contributed by atoms with E-state index in [-0.39, 0.29) is 51.4 Å². The number of benzene rings is 1. The van der Waals surface area contributed by atoms with E-state index in [0.717, 1.165) is 0 Å². The molecule has 0 spiro atoms. The number of amidine groups is 1. The first-order chi connectivity index (χ1) is 21.1. The van der Waals surface area contributed by atoms with Crippen molar-refractivity contribution in [2.45, 2.75) is 39.1 Å². The summed E-state index contributed by atoms with van der Waals surface area (Å²) >= 11 is 6.86. The molecule has 6 rings (SSSR count). The van der Waals surface area contributed by atoms with Crippen molar-refractivity contribution in [1.29, 1.82) is 0 Å². The molecule has 3 aromatic rings. The number of ether oxygens (including phenoxy) is 1. The van der Waals surface area contributed by atoms with E-state index in [4.69, 9.17) is 26.3 Å². The quantitative estimate of drug-likeness (QED) is 0.408. The van der Waals surface area contributed by atoms with Gasteiger partial charge in [0.25, 0.3) is 5.91 Å². The standard InChI is InChI=1S/C31H31ClFN7O4/c1-5-24(42)38-11-12-39(17(4)14-38)29-18-13-19(32)27-25-20(33)7-6-8-21(25)35-23(41)15-44-22-9-10-34-26(16(2)3)28(22)40(30(18)36-27)31(43)37-29/h5-10,13,16-17,31,43H,1,11-12,14-15H2,2-4H3,(H,35,41)/t17-,31?/m1/s1. The molecule has 11 nitrogen and oxygen atoms in total. The molecule has 3 aliphatic rings. The Balaban J connectivity index is 1.60. The molecule has 5 heterocycles. The van der Waals surface area contributed by atoms with Crippen molar-refractivity contribution in [3.63, 3.8) is 0 Å². The van der Waals surface area contributed by atoms with Crippen LogP contribution in [0, 0.1) is 5.82 Å². The number of aliphatic imine (C=N–C) groups is 1. The highest BCUT2D eigenvalue weighted by Crippen LogP contribution is 2.46. The first-order valence-electron chi connectivity index (χ1n) is 14.2. The van der Waals surface area contributed by atoms with Crippen molar-refractivity contribution < 1.29 is 23.8 Å². The molecule has 2 atom stereocenters. The molecular formula is C31H31ClFN7O4. The van der Waals surface area contributed by atoms with Gasteiger partial charge in [-0.3, -0.25) is 19.5 Å². The van der Waals surface area contributed by atoms with Crippen LogP contribution in [0.4, 0.5) is 21.6 Å². The van der Waals surface area contributed by atoms with Gasteiger partial charge in [0.1, 0.15) is 28.9 Å². The number of hydrogen-bond donors (Lipinski definition) is 2. The highest BCUT2D eigenvalue weighted by molar-refractivity contribution is 6.34. The van der Waals surface area contributed by atoms with Gasteiger partial charge in [0.2, 0.25) is 12.3 Å². The number of aromatic nitrogens is 2. The number of halogens is 2. The maximum Gasteiger partial charge on any atom is 0.262 e. The van der Waals surface area contributed by atoms with Gasteiger partial charge in [-0.25, -0.2) is 14.4 Å². The van der Waals surface area contributed by atoms with Gasteiger partial charge in [0, 0.05) is 37.9 Å². The molecule has 1 fully saturated rings. The van der Waals surface area contributed by atoms with Gasteiger partial charge < -0.3 is 25.0 Å². The van der Waals surface area contributed by atoms with Gasteiger partial charge in [0.15, 0.2) is 6.61 Å². The monoisotopic (exact) mass is 619 g/mol. The maximum atomic E-state index is 15.5. The van der Waals surface area contributed by atoms with Crippen LogP contribution in [0.15, 0.2) is 54.2 Å². The molecule has 13 heteroatoms. The average molecular weight is 620 g/mol. The third-order valence-corrected chi connectivity index (χ3v) is 8.15. The lowest BCUT2D eigenvalue weighted by Crippen LogP contribution is -2.56. The molecule has 2 amide bonds. The van der Waals surface area contributed by atoms with E-state index >= 15 is 4.39 Å². The van der Waals surface area contributed by atoms with Crippen LogP contribution < -0.4 is 15.0 Å². The number of aliphatic hydroxyl groups is 1. The zero-order valence-corrected chi connectivity index (χ0v) is 25.2. The second-order valence-corrected chi connectivity index (χ2v) is 11.5. The van der Waals surface area contributed by atoms with Gasteiger partial charge in [-0.2, -0.15) is 0 Å². The minimum atomic E-state index is -1.50. The number of piperazine rings is 1. The van der Waals surface area contributed by atoms with Gasteiger partial charge in [-0.1, -0.05) is 38.1 Å². The maximum absolute atomic E-state index is 15.5. The molecule has 2 bridgehead atoms. The SMILES string of the molecule is C=CC(=O)N1CCN(C2=NC(O)N3c4nc(c(Cl)cc42)-c2c(F)cccc2NC(=O)COc2ccnc(C(C)C)c23)[C@H](C)C1. The Morgan fingerprint density at radius 2 is 2.09 bits per heavy atom. The number of nitrogens with zero attached hydrogens (tertiary/aromatic N) is 6. The van der Waals surface area contributed by atoms with E-state index in [9.17, 15) is 14.7 Å². The number of pyridine rings is 2. The fourth-order valence-corrected chi connectivity index (χ4v) is 6.08. The zero-order valence-electron chi connectivity index (χ0n) is 24.4. The second kappa shape index (κ2) is 11.5. The summed E-state index contributed by atoms with van der Waals surface area (Å²) in [5, 5.41) is 14.6. The number of rotatable bonds is 2. The summed E-state index contributed by atoms with van der Waals surface area (Å²) in [6.07, 6.45) is 1.36. The van der Waals surface area contributed by atoms with E-state index < -0.39 is 24.7 Å². The van der Waals surface area contributed by atoms with Crippen molar-refractivity contribution in [3.8, 4) is 17.0 Å². The van der Waals surface area contributed by atoms with Crippen LogP contribution in [-0.2, 0) is 9.59 Å². The van der Waals surface area contributed by atoms with E-state index in [1.807, 2.05) is 25.7 Å². The number of fused-ring (bicyclic) bond motifs is 5. The predicted octanol–water partition coefficient (Wildman–Crippen LogP) is 4.28. The lowest BCUT2D eigenvalue weighted by molar-refractivity contribution is -0.128. The molecule has 44 heavy (non-hydrogen) atoms. The van der Waals surface area contributed by atoms with Crippen molar-refractivity contribution in [2.24, 2.45) is 4.99 Å². The summed E-state index contributed by atoms with van der Waals surface area (Å²) < 4.78 is 21.5. The normalized spacial score (nSPS) is 19.6. The van der Waals surface area contributed by atoms with E-state index in [0.29, 0.717) is 42.4 Å². The number of carbonyl (C=O) groups is 2. The Kier molecular flexibility index (Phi) is 7.72. The second-order valence-electron chi connectivity index (χ2n) is 11.1. The lowest BCUT2D eigenvalue weighted by Gasteiger charge is -2.44. The highest BCUT2D eigenvalue weighted by Gasteiger charge is 2.39. The first kappa shape index (κ1) is 29.5. The molecule has 0 aliphatic carbocycles. The van der Waals surface area contributed by atoms with Crippen molar-refractivity contribution in [2.75, 3.05) is 36.5 Å². The van der Waals surface area contributed by atoms with Crippen LogP contribution in [0.5, 0.6) is 5.75 Å². The minimum absolute atomic E-state index is 0.00635. The summed E-state index contributed by atoms with van der Waals surface area (Å²) in [6, 6.07) is 7.35. The Morgan fingerprint density at radius 3 is 2.82 bits per heavy atom. The van der Waals surface area contributed by atoms with Crippen molar-refractivity contribution in [3.05, 3.63) is 71.3 Å². The van der Waals surface area contributed by atoms with Crippen LogP contribution in [0.3, 0.4) is 0 Å². The van der Waals surface area contributed by atoms with Crippen LogP contribution in [0.2, 0.25) is 5.02 Å². The third-order valence-electron chi connectivity index (χ3n) is 7.87. The number of carbonyl (C=O) groups excluding carboxylic acids is 2. The van der Waals surface area contributed by atoms with E-state index in [1.165, 1.54) is 23.1 Å².